The number of nitrogens with zero attached hydrogens (tertiary/aromatic N) is 3. The quantitative estimate of drug-likeness (QED) is 0.830. The number of aliphatic carboxylic acids is 1. The van der Waals surface area contributed by atoms with E-state index in [0.717, 1.165) is 17.3 Å². The maximum Gasteiger partial charge on any atom is 0.313 e. The zero-order valence-electron chi connectivity index (χ0n) is 12.2. The minimum Gasteiger partial charge on any atom is -0.481 e. The molecule has 7 heteroatoms. The van der Waals surface area contributed by atoms with E-state index in [0.29, 0.717) is 17.2 Å². The van der Waals surface area contributed by atoms with E-state index in [1.807, 2.05) is 18.7 Å². The smallest absolute Gasteiger partial charge is 0.313 e. The first-order valence-electron chi connectivity index (χ1n) is 6.55. The first-order chi connectivity index (χ1) is 9.88. The van der Waals surface area contributed by atoms with Crippen molar-refractivity contribution in [1.29, 1.82) is 0 Å². The second-order valence-corrected chi connectivity index (χ2v) is 6.08. The molecule has 0 amide bonds. The Kier molecular flexibility index (Phi) is 4.84. The normalized spacial score (nSPS) is 13.0. The van der Waals surface area contributed by atoms with Crippen LogP contribution in [0.2, 0.25) is 0 Å². The number of benzene rings is 1. The van der Waals surface area contributed by atoms with Gasteiger partial charge >= 0.3 is 5.97 Å². The van der Waals surface area contributed by atoms with Gasteiger partial charge < -0.3 is 14.6 Å². The third kappa shape index (κ3) is 3.74. The second kappa shape index (κ2) is 6.44. The first kappa shape index (κ1) is 15.8. The van der Waals surface area contributed by atoms with E-state index in [9.17, 15) is 9.18 Å². The standard InChI is InChI=1S/C14H18FN3O2S/c1-9(17(2)3)7-18-12-5-4-10(15)6-11(12)16-14(18)21-8-13(19)20/h4-6,9H,7-8H2,1-3H3,(H,19,20). The molecule has 2 rings (SSSR count). The molecule has 0 aliphatic carbocycles. The summed E-state index contributed by atoms with van der Waals surface area (Å²) in [5.41, 5.74) is 1.37. The van der Waals surface area contributed by atoms with Crippen molar-refractivity contribution < 1.29 is 14.3 Å². The minimum atomic E-state index is -0.898. The van der Waals surface area contributed by atoms with Crippen molar-refractivity contribution in [3.05, 3.63) is 24.0 Å². The van der Waals surface area contributed by atoms with Crippen molar-refractivity contribution in [2.45, 2.75) is 24.7 Å². The van der Waals surface area contributed by atoms with Crippen LogP contribution >= 0.6 is 11.8 Å². The van der Waals surface area contributed by atoms with Crippen molar-refractivity contribution in [2.24, 2.45) is 0 Å². The van der Waals surface area contributed by atoms with Crippen LogP contribution in [0, 0.1) is 5.82 Å². The summed E-state index contributed by atoms with van der Waals surface area (Å²) in [6.45, 7) is 2.73. The third-order valence-electron chi connectivity index (χ3n) is 3.33. The highest BCUT2D eigenvalue weighted by molar-refractivity contribution is 7.99. The molecule has 0 fully saturated rings. The van der Waals surface area contributed by atoms with Gasteiger partial charge in [0.2, 0.25) is 0 Å². The van der Waals surface area contributed by atoms with Gasteiger partial charge in [-0.25, -0.2) is 9.37 Å². The lowest BCUT2D eigenvalue weighted by Gasteiger charge is -2.21. The molecule has 114 valence electrons. The van der Waals surface area contributed by atoms with E-state index in [-0.39, 0.29) is 17.6 Å². The summed E-state index contributed by atoms with van der Waals surface area (Å²) < 4.78 is 15.3. The molecule has 1 N–H and O–H groups in total. The summed E-state index contributed by atoms with van der Waals surface area (Å²) in [7, 11) is 3.96. The van der Waals surface area contributed by atoms with Crippen LogP contribution in [-0.4, -0.2) is 51.4 Å². The maximum absolute atomic E-state index is 13.3. The van der Waals surface area contributed by atoms with Gasteiger partial charge in [-0.05, 0) is 33.2 Å². The minimum absolute atomic E-state index is 0.0673. The van der Waals surface area contributed by atoms with Crippen LogP contribution in [0.3, 0.4) is 0 Å². The fraction of sp³-hybridized carbons (Fsp3) is 0.429. The van der Waals surface area contributed by atoms with Crippen LogP contribution < -0.4 is 0 Å². The van der Waals surface area contributed by atoms with E-state index < -0.39 is 5.97 Å². The fourth-order valence-electron chi connectivity index (χ4n) is 1.92. The predicted molar refractivity (Wildman–Crippen MR) is 81.2 cm³/mol. The summed E-state index contributed by atoms with van der Waals surface area (Å²) in [6.07, 6.45) is 0. The molecule has 0 saturated heterocycles. The number of hydrogen-bond donors (Lipinski definition) is 1. The molecule has 21 heavy (non-hydrogen) atoms. The molecule has 2 aromatic rings. The number of halogens is 1. The van der Waals surface area contributed by atoms with Gasteiger partial charge in [0.05, 0.1) is 16.8 Å². The highest BCUT2D eigenvalue weighted by Gasteiger charge is 2.16. The van der Waals surface area contributed by atoms with Gasteiger partial charge in [-0.1, -0.05) is 11.8 Å². The lowest BCUT2D eigenvalue weighted by molar-refractivity contribution is -0.133. The maximum atomic E-state index is 13.3. The van der Waals surface area contributed by atoms with Crippen molar-refractivity contribution in [1.82, 2.24) is 14.5 Å². The summed E-state index contributed by atoms with van der Waals surface area (Å²) in [6, 6.07) is 4.70. The first-order valence-corrected chi connectivity index (χ1v) is 7.54. The van der Waals surface area contributed by atoms with Gasteiger partial charge in [0.25, 0.3) is 0 Å². The summed E-state index contributed by atoms with van der Waals surface area (Å²) in [4.78, 5) is 17.2. The van der Waals surface area contributed by atoms with Crippen LogP contribution in [0.5, 0.6) is 0 Å². The van der Waals surface area contributed by atoms with Gasteiger partial charge in [-0.2, -0.15) is 0 Å². The number of carboxylic acid groups (broad SMARTS) is 1. The number of carbonyl (C=O) groups is 1. The number of carboxylic acids is 1. The monoisotopic (exact) mass is 311 g/mol. The van der Waals surface area contributed by atoms with Crippen molar-refractivity contribution >= 4 is 28.8 Å². The van der Waals surface area contributed by atoms with E-state index in [1.165, 1.54) is 12.1 Å². The van der Waals surface area contributed by atoms with Crippen molar-refractivity contribution in [2.75, 3.05) is 19.8 Å². The molecular weight excluding hydrogens is 293 g/mol. The highest BCUT2D eigenvalue weighted by Crippen LogP contribution is 2.25. The molecule has 0 aliphatic heterocycles. The Labute approximate surface area is 126 Å². The summed E-state index contributed by atoms with van der Waals surface area (Å²) >= 11 is 1.15. The number of thioether (sulfide) groups is 1. The topological polar surface area (TPSA) is 58.4 Å². The van der Waals surface area contributed by atoms with Crippen LogP contribution in [0.4, 0.5) is 4.39 Å². The van der Waals surface area contributed by atoms with Crippen molar-refractivity contribution in [3.63, 3.8) is 0 Å². The molecule has 1 unspecified atom stereocenters. The summed E-state index contributed by atoms with van der Waals surface area (Å²) in [5, 5.41) is 9.43. The molecule has 0 saturated carbocycles. The van der Waals surface area contributed by atoms with Gasteiger partial charge in [-0.15, -0.1) is 0 Å². The second-order valence-electron chi connectivity index (χ2n) is 5.13. The number of aromatic nitrogens is 2. The van der Waals surface area contributed by atoms with Gasteiger partial charge in [0.15, 0.2) is 5.16 Å². The Morgan fingerprint density at radius 3 is 2.86 bits per heavy atom. The molecule has 0 bridgehead atoms. The molecule has 0 aliphatic rings. The Bertz CT molecular complexity index is 657. The van der Waals surface area contributed by atoms with E-state index in [4.69, 9.17) is 5.11 Å². The van der Waals surface area contributed by atoms with Gasteiger partial charge in [0, 0.05) is 18.7 Å². The lowest BCUT2D eigenvalue weighted by Crippen LogP contribution is -2.29. The number of rotatable bonds is 6. The molecule has 0 spiro atoms. The SMILES string of the molecule is CC(Cn1c(SCC(=O)O)nc2cc(F)ccc21)N(C)C. The number of likely N-dealkylation sites (N-methyl/N-ethyl adjacent to an activating group) is 1. The molecule has 5 nitrogen and oxygen atoms in total. The lowest BCUT2D eigenvalue weighted by atomic mass is 10.2. The zero-order valence-corrected chi connectivity index (χ0v) is 13.0. The number of fused-ring (bicyclic) bond motifs is 1. The molecule has 0 radical (unpaired) electrons. The Morgan fingerprint density at radius 1 is 1.52 bits per heavy atom. The Morgan fingerprint density at radius 2 is 2.24 bits per heavy atom. The van der Waals surface area contributed by atoms with E-state index in [1.54, 1.807) is 6.07 Å². The average molecular weight is 311 g/mol. The van der Waals surface area contributed by atoms with Gasteiger partial charge in [-0.3, -0.25) is 4.79 Å². The van der Waals surface area contributed by atoms with Crippen LogP contribution in [0.1, 0.15) is 6.92 Å². The predicted octanol–water partition coefficient (Wildman–Crippen LogP) is 2.30. The van der Waals surface area contributed by atoms with Crippen LogP contribution in [0.15, 0.2) is 23.4 Å². The van der Waals surface area contributed by atoms with E-state index in [2.05, 4.69) is 16.8 Å². The summed E-state index contributed by atoms with van der Waals surface area (Å²) in [5.74, 6) is -1.31. The average Bonchev–Trinajstić information content (AvgIpc) is 2.73. The third-order valence-corrected chi connectivity index (χ3v) is 4.29. The molecule has 1 aromatic carbocycles. The van der Waals surface area contributed by atoms with Crippen molar-refractivity contribution in [3.8, 4) is 0 Å². The molecule has 1 aromatic heterocycles. The molecule has 1 atom stereocenters. The Balaban J connectivity index is 2.41. The van der Waals surface area contributed by atoms with Crippen LogP contribution in [0.25, 0.3) is 11.0 Å². The number of imidazole rings is 1. The van der Waals surface area contributed by atoms with Crippen LogP contribution in [-0.2, 0) is 11.3 Å². The Hall–Kier alpha value is -1.60. The largest absolute Gasteiger partial charge is 0.481 e. The van der Waals surface area contributed by atoms with Gasteiger partial charge in [0.1, 0.15) is 5.82 Å². The van der Waals surface area contributed by atoms with E-state index >= 15 is 0 Å². The molecular formula is C14H18FN3O2S. The molecule has 1 heterocycles. The fourth-order valence-corrected chi connectivity index (χ4v) is 2.67. The zero-order chi connectivity index (χ0) is 15.6. The highest BCUT2D eigenvalue weighted by atomic mass is 32.2. The number of hydrogen-bond acceptors (Lipinski definition) is 4.